The van der Waals surface area contributed by atoms with Crippen molar-refractivity contribution in [1.29, 1.82) is 0 Å². The maximum atomic E-state index is 4.38. The Hall–Kier alpha value is -2.66. The molecule has 0 aliphatic heterocycles. The number of aryl methyl sites for hydroxylation is 1. The number of nitrogens with zero attached hydrogens (tertiary/aromatic N) is 1. The Kier molecular flexibility index (Phi) is 7.97. The highest BCUT2D eigenvalue weighted by Crippen LogP contribution is 2.38. The number of hydrogen-bond acceptors (Lipinski definition) is 2. The second-order valence-electron chi connectivity index (χ2n) is 8.17. The summed E-state index contributed by atoms with van der Waals surface area (Å²) in [6.07, 6.45) is 11.1. The van der Waals surface area contributed by atoms with Gasteiger partial charge in [-0.25, -0.2) is 0 Å². The molecule has 0 saturated heterocycles. The van der Waals surface area contributed by atoms with Crippen LogP contribution in [0.25, 0.3) is 0 Å². The van der Waals surface area contributed by atoms with E-state index in [1.54, 1.807) is 0 Å². The SMILES string of the molecule is C=C(NC)C(C)N(C)C(=C)C1(C)C=CC(C#Cc2ccc(CCCC)cc2)=CC1. The van der Waals surface area contributed by atoms with Gasteiger partial charge in [0, 0.05) is 42.0 Å². The zero-order chi connectivity index (χ0) is 21.4. The van der Waals surface area contributed by atoms with Crippen LogP contribution < -0.4 is 5.32 Å². The first kappa shape index (κ1) is 22.6. The summed E-state index contributed by atoms with van der Waals surface area (Å²) in [7, 11) is 3.99. The molecule has 2 heteroatoms. The molecule has 1 aliphatic carbocycles. The highest BCUT2D eigenvalue weighted by atomic mass is 15.2. The normalized spacial score (nSPS) is 18.9. The molecule has 0 radical (unpaired) electrons. The molecule has 2 nitrogen and oxygen atoms in total. The summed E-state index contributed by atoms with van der Waals surface area (Å²) in [5.74, 6) is 6.61. The van der Waals surface area contributed by atoms with Gasteiger partial charge in [-0.05, 0) is 50.0 Å². The van der Waals surface area contributed by atoms with Gasteiger partial charge in [0.2, 0.25) is 0 Å². The lowest BCUT2D eigenvalue weighted by Crippen LogP contribution is -2.38. The molecule has 0 spiro atoms. The minimum atomic E-state index is -0.108. The van der Waals surface area contributed by atoms with Crippen molar-refractivity contribution in [1.82, 2.24) is 10.2 Å². The third-order valence-corrected chi connectivity index (χ3v) is 5.99. The van der Waals surface area contributed by atoms with Gasteiger partial charge in [-0.15, -0.1) is 0 Å². The molecule has 0 amide bonds. The lowest BCUT2D eigenvalue weighted by Gasteiger charge is -2.39. The van der Waals surface area contributed by atoms with E-state index in [-0.39, 0.29) is 11.5 Å². The number of benzene rings is 1. The summed E-state index contributed by atoms with van der Waals surface area (Å²) in [6.45, 7) is 15.1. The Labute approximate surface area is 178 Å². The van der Waals surface area contributed by atoms with Gasteiger partial charge in [-0.3, -0.25) is 0 Å². The molecule has 2 rings (SSSR count). The average Bonchev–Trinajstić information content (AvgIpc) is 2.75. The fourth-order valence-electron chi connectivity index (χ4n) is 3.40. The van der Waals surface area contributed by atoms with Gasteiger partial charge < -0.3 is 10.2 Å². The number of hydrogen-bond donors (Lipinski definition) is 1. The molecule has 0 aromatic heterocycles. The average molecular weight is 389 g/mol. The number of likely N-dealkylation sites (N-methyl/N-ethyl adjacent to an activating group) is 2. The molecule has 0 heterocycles. The highest BCUT2D eigenvalue weighted by molar-refractivity contribution is 5.48. The van der Waals surface area contributed by atoms with Gasteiger partial charge >= 0.3 is 0 Å². The van der Waals surface area contributed by atoms with Crippen LogP contribution in [0.2, 0.25) is 0 Å². The molecule has 2 atom stereocenters. The molecular weight excluding hydrogens is 352 g/mol. The van der Waals surface area contributed by atoms with E-state index in [2.05, 4.69) is 106 Å². The van der Waals surface area contributed by atoms with Gasteiger partial charge in [0.15, 0.2) is 0 Å². The van der Waals surface area contributed by atoms with Crippen LogP contribution in [0.4, 0.5) is 0 Å². The maximum absolute atomic E-state index is 4.38. The molecule has 1 aromatic carbocycles. The number of nitrogens with one attached hydrogen (secondary N) is 1. The van der Waals surface area contributed by atoms with Crippen LogP contribution in [-0.4, -0.2) is 25.0 Å². The maximum Gasteiger partial charge on any atom is 0.0648 e. The van der Waals surface area contributed by atoms with Crippen LogP contribution in [0.3, 0.4) is 0 Å². The zero-order valence-electron chi connectivity index (χ0n) is 18.8. The Morgan fingerprint density at radius 1 is 1.24 bits per heavy atom. The van der Waals surface area contributed by atoms with Crippen molar-refractivity contribution >= 4 is 0 Å². The van der Waals surface area contributed by atoms with Crippen molar-refractivity contribution < 1.29 is 0 Å². The van der Waals surface area contributed by atoms with Crippen molar-refractivity contribution in [2.75, 3.05) is 14.1 Å². The van der Waals surface area contributed by atoms with Crippen LogP contribution in [-0.2, 0) is 6.42 Å². The van der Waals surface area contributed by atoms with Crippen LogP contribution in [0, 0.1) is 17.3 Å². The topological polar surface area (TPSA) is 15.3 Å². The van der Waals surface area contributed by atoms with Crippen LogP contribution in [0.5, 0.6) is 0 Å². The monoisotopic (exact) mass is 388 g/mol. The summed E-state index contributed by atoms with van der Waals surface area (Å²) >= 11 is 0. The fourth-order valence-corrected chi connectivity index (χ4v) is 3.40. The minimum absolute atomic E-state index is 0.108. The molecule has 0 saturated carbocycles. The highest BCUT2D eigenvalue weighted by Gasteiger charge is 2.30. The van der Waals surface area contributed by atoms with Crippen molar-refractivity contribution in [2.45, 2.75) is 52.5 Å². The number of unbranched alkanes of at least 4 members (excludes halogenated alkanes) is 1. The zero-order valence-corrected chi connectivity index (χ0v) is 18.8. The summed E-state index contributed by atoms with van der Waals surface area (Å²) in [4.78, 5) is 2.20. The van der Waals surface area contributed by atoms with E-state index in [1.165, 1.54) is 18.4 Å². The second kappa shape index (κ2) is 10.2. The van der Waals surface area contributed by atoms with Crippen molar-refractivity contribution in [2.24, 2.45) is 5.41 Å². The Bertz CT molecular complexity index is 845. The first-order valence-corrected chi connectivity index (χ1v) is 10.6. The quantitative estimate of drug-likeness (QED) is 0.563. The van der Waals surface area contributed by atoms with E-state index in [1.807, 2.05) is 7.05 Å². The first-order chi connectivity index (χ1) is 13.8. The van der Waals surface area contributed by atoms with Gasteiger partial charge in [0.25, 0.3) is 0 Å². The predicted molar refractivity (Wildman–Crippen MR) is 126 cm³/mol. The summed E-state index contributed by atoms with van der Waals surface area (Å²) < 4.78 is 0. The Balaban J connectivity index is 2.02. The fraction of sp³-hybridized carbons (Fsp3) is 0.407. The molecule has 1 N–H and O–H groups in total. The van der Waals surface area contributed by atoms with Crippen molar-refractivity contribution in [3.63, 3.8) is 0 Å². The molecule has 0 bridgehead atoms. The number of allylic oxidation sites excluding steroid dienone is 4. The lowest BCUT2D eigenvalue weighted by molar-refractivity contribution is 0.279. The molecule has 1 aliphatic rings. The molecule has 154 valence electrons. The number of rotatable bonds is 8. The van der Waals surface area contributed by atoms with Crippen molar-refractivity contribution in [3.05, 3.63) is 83.7 Å². The van der Waals surface area contributed by atoms with Gasteiger partial charge in [-0.2, -0.15) is 0 Å². The first-order valence-electron chi connectivity index (χ1n) is 10.6. The Morgan fingerprint density at radius 3 is 2.48 bits per heavy atom. The molecule has 29 heavy (non-hydrogen) atoms. The van der Waals surface area contributed by atoms with E-state index in [0.717, 1.165) is 35.4 Å². The molecule has 0 fully saturated rings. The minimum Gasteiger partial charge on any atom is -0.390 e. The van der Waals surface area contributed by atoms with Crippen LogP contribution >= 0.6 is 0 Å². The van der Waals surface area contributed by atoms with E-state index < -0.39 is 0 Å². The van der Waals surface area contributed by atoms with Gasteiger partial charge in [0.05, 0.1) is 6.04 Å². The smallest absolute Gasteiger partial charge is 0.0648 e. The molecule has 1 aromatic rings. The molecule has 2 unspecified atom stereocenters. The third-order valence-electron chi connectivity index (χ3n) is 5.99. The Morgan fingerprint density at radius 2 is 1.93 bits per heavy atom. The van der Waals surface area contributed by atoms with Crippen LogP contribution in [0.15, 0.2) is 72.6 Å². The lowest BCUT2D eigenvalue weighted by atomic mass is 9.78. The van der Waals surface area contributed by atoms with Crippen molar-refractivity contribution in [3.8, 4) is 11.8 Å². The van der Waals surface area contributed by atoms with Gasteiger partial charge in [-0.1, -0.05) is 69.6 Å². The molecular formula is C27H36N2. The third kappa shape index (κ3) is 5.91. The standard InChI is InChI=1S/C27H36N2/c1-8-9-10-24-11-13-25(14-12-24)15-16-26-17-19-27(5,20-18-26)23(4)29(7)22(3)21(2)28-6/h11-14,17-19,22,28H,2,4,8-10,20H2,1,3,5-7H3. The van der Waals surface area contributed by atoms with Gasteiger partial charge in [0.1, 0.15) is 0 Å². The summed E-state index contributed by atoms with van der Waals surface area (Å²) in [6, 6.07) is 8.83. The summed E-state index contributed by atoms with van der Waals surface area (Å²) in [5.41, 5.74) is 5.49. The predicted octanol–water partition coefficient (Wildman–Crippen LogP) is 5.84. The van der Waals surface area contributed by atoms with Crippen LogP contribution in [0.1, 0.15) is 51.2 Å². The largest absolute Gasteiger partial charge is 0.390 e. The second-order valence-corrected chi connectivity index (χ2v) is 8.17. The van der Waals surface area contributed by atoms with E-state index >= 15 is 0 Å². The van der Waals surface area contributed by atoms with E-state index in [9.17, 15) is 0 Å². The van der Waals surface area contributed by atoms with E-state index in [0.29, 0.717) is 0 Å². The van der Waals surface area contributed by atoms with E-state index in [4.69, 9.17) is 0 Å². The summed E-state index contributed by atoms with van der Waals surface area (Å²) in [5, 5.41) is 3.14.